The first-order chi connectivity index (χ1) is 14.1. The standard InChI is InChI=1S/C19H23N9O/c1-21-18(29)17-14(25-12-2-4-19(5-3-12)6-7-24-19)8-15(27-28-17)26-16-11-22-13(9-20)10-23-16/h8,10-12,24H,2-7H2,1H3,(H,21,29)(H2,23,25,26,27). The van der Waals surface area contributed by atoms with Crippen LogP contribution in [0.3, 0.4) is 0 Å². The van der Waals surface area contributed by atoms with E-state index in [4.69, 9.17) is 5.26 Å². The zero-order chi connectivity index (χ0) is 20.3. The van der Waals surface area contributed by atoms with Gasteiger partial charge in [-0.3, -0.25) is 4.79 Å². The van der Waals surface area contributed by atoms with E-state index < -0.39 is 0 Å². The van der Waals surface area contributed by atoms with Crippen molar-refractivity contribution < 1.29 is 4.79 Å². The van der Waals surface area contributed by atoms with Crippen molar-refractivity contribution in [1.29, 1.82) is 5.26 Å². The van der Waals surface area contributed by atoms with E-state index in [1.807, 2.05) is 6.07 Å². The van der Waals surface area contributed by atoms with Gasteiger partial charge in [-0.25, -0.2) is 9.97 Å². The van der Waals surface area contributed by atoms with E-state index in [1.54, 1.807) is 13.1 Å². The Balaban J connectivity index is 1.50. The fourth-order valence-corrected chi connectivity index (χ4v) is 3.87. The molecule has 2 aliphatic rings. The number of nitriles is 1. The van der Waals surface area contributed by atoms with Gasteiger partial charge in [-0.15, -0.1) is 10.2 Å². The second-order valence-electron chi connectivity index (χ2n) is 7.47. The molecule has 0 unspecified atom stereocenters. The van der Waals surface area contributed by atoms with Gasteiger partial charge >= 0.3 is 0 Å². The Kier molecular flexibility index (Phi) is 5.22. The smallest absolute Gasteiger partial charge is 0.273 e. The first-order valence-electron chi connectivity index (χ1n) is 9.71. The quantitative estimate of drug-likeness (QED) is 0.592. The van der Waals surface area contributed by atoms with Crippen molar-refractivity contribution in [2.45, 2.75) is 43.7 Å². The monoisotopic (exact) mass is 393 g/mol. The molecular formula is C19H23N9O. The van der Waals surface area contributed by atoms with Crippen molar-refractivity contribution in [1.82, 2.24) is 30.8 Å². The average molecular weight is 393 g/mol. The van der Waals surface area contributed by atoms with Crippen molar-refractivity contribution in [3.63, 3.8) is 0 Å². The predicted octanol–water partition coefficient (Wildman–Crippen LogP) is 1.33. The molecule has 10 heteroatoms. The van der Waals surface area contributed by atoms with Gasteiger partial charge in [-0.2, -0.15) is 5.26 Å². The highest BCUT2D eigenvalue weighted by Gasteiger charge is 2.39. The molecule has 10 nitrogen and oxygen atoms in total. The molecule has 4 rings (SSSR count). The lowest BCUT2D eigenvalue weighted by atomic mass is 9.73. The molecular weight excluding hydrogens is 370 g/mol. The number of rotatable bonds is 5. The first kappa shape index (κ1) is 19.0. The molecule has 1 aliphatic carbocycles. The zero-order valence-corrected chi connectivity index (χ0v) is 16.2. The van der Waals surface area contributed by atoms with Gasteiger partial charge in [0.2, 0.25) is 0 Å². The van der Waals surface area contributed by atoms with Gasteiger partial charge in [-0.1, -0.05) is 0 Å². The van der Waals surface area contributed by atoms with Crippen molar-refractivity contribution in [2.24, 2.45) is 0 Å². The molecule has 4 N–H and O–H groups in total. The second kappa shape index (κ2) is 7.97. The van der Waals surface area contributed by atoms with Crippen LogP contribution in [0.5, 0.6) is 0 Å². The van der Waals surface area contributed by atoms with Crippen LogP contribution < -0.4 is 21.3 Å². The Bertz CT molecular complexity index is 924. The van der Waals surface area contributed by atoms with Crippen LogP contribution in [0.1, 0.15) is 48.3 Å². The minimum atomic E-state index is -0.294. The molecule has 0 radical (unpaired) electrons. The van der Waals surface area contributed by atoms with Crippen LogP contribution in [0.4, 0.5) is 17.3 Å². The van der Waals surface area contributed by atoms with Crippen LogP contribution in [0.15, 0.2) is 18.5 Å². The Morgan fingerprint density at radius 3 is 2.59 bits per heavy atom. The number of carbonyl (C=O) groups excluding carboxylic acids is 1. The third-order valence-electron chi connectivity index (χ3n) is 5.66. The van der Waals surface area contributed by atoms with Crippen LogP contribution in [0.2, 0.25) is 0 Å². The summed E-state index contributed by atoms with van der Waals surface area (Å²) in [4.78, 5) is 20.3. The van der Waals surface area contributed by atoms with E-state index >= 15 is 0 Å². The third kappa shape index (κ3) is 4.09. The van der Waals surface area contributed by atoms with Gasteiger partial charge in [0.15, 0.2) is 17.2 Å². The number of nitrogens with zero attached hydrogens (tertiary/aromatic N) is 5. The van der Waals surface area contributed by atoms with E-state index in [0.717, 1.165) is 32.2 Å². The summed E-state index contributed by atoms with van der Waals surface area (Å²) < 4.78 is 0. The predicted molar refractivity (Wildman–Crippen MR) is 107 cm³/mol. The molecule has 29 heavy (non-hydrogen) atoms. The number of hydrogen-bond donors (Lipinski definition) is 4. The number of amides is 1. The summed E-state index contributed by atoms with van der Waals surface area (Å²) in [5.41, 5.74) is 1.45. The molecule has 2 aromatic rings. The SMILES string of the molecule is CNC(=O)c1nnc(Nc2cnc(C#N)cn2)cc1NC1CCC2(CCN2)CC1. The number of anilines is 3. The largest absolute Gasteiger partial charge is 0.380 e. The van der Waals surface area contributed by atoms with E-state index in [-0.39, 0.29) is 23.3 Å². The molecule has 150 valence electrons. The zero-order valence-electron chi connectivity index (χ0n) is 16.2. The molecule has 1 amide bonds. The van der Waals surface area contributed by atoms with Gasteiger partial charge in [0.1, 0.15) is 11.9 Å². The average Bonchev–Trinajstić information content (AvgIpc) is 2.73. The normalized spacial score (nSPS) is 23.0. The van der Waals surface area contributed by atoms with E-state index in [9.17, 15) is 4.79 Å². The molecule has 0 bridgehead atoms. The molecule has 1 saturated heterocycles. The fourth-order valence-electron chi connectivity index (χ4n) is 3.87. The number of carbonyl (C=O) groups is 1. The number of nitrogens with one attached hydrogen (secondary N) is 4. The van der Waals surface area contributed by atoms with Crippen LogP contribution >= 0.6 is 0 Å². The van der Waals surface area contributed by atoms with Crippen LogP contribution in [-0.2, 0) is 0 Å². The van der Waals surface area contributed by atoms with Crippen molar-refractivity contribution in [3.05, 3.63) is 29.8 Å². The summed E-state index contributed by atoms with van der Waals surface area (Å²) in [5, 5.41) is 29.7. The van der Waals surface area contributed by atoms with E-state index in [2.05, 4.69) is 41.4 Å². The lowest BCUT2D eigenvalue weighted by Gasteiger charge is -2.48. The highest BCUT2D eigenvalue weighted by molar-refractivity contribution is 5.97. The molecule has 2 aromatic heterocycles. The molecule has 3 heterocycles. The van der Waals surface area contributed by atoms with Gasteiger partial charge < -0.3 is 21.3 Å². The maximum absolute atomic E-state index is 12.2. The van der Waals surface area contributed by atoms with Crippen molar-refractivity contribution in [2.75, 3.05) is 24.2 Å². The van der Waals surface area contributed by atoms with Gasteiger partial charge in [-0.05, 0) is 38.6 Å². The third-order valence-corrected chi connectivity index (χ3v) is 5.66. The molecule has 0 atom stereocenters. The molecule has 2 fully saturated rings. The Hall–Kier alpha value is -3.32. The number of hydrogen-bond acceptors (Lipinski definition) is 9. The molecule has 0 aromatic carbocycles. The summed E-state index contributed by atoms with van der Waals surface area (Å²) >= 11 is 0. The molecule has 1 saturated carbocycles. The molecule has 1 aliphatic heterocycles. The van der Waals surface area contributed by atoms with Crippen molar-refractivity contribution in [3.8, 4) is 6.07 Å². The molecule has 1 spiro atoms. The summed E-state index contributed by atoms with van der Waals surface area (Å²) in [5.74, 6) is 0.581. The summed E-state index contributed by atoms with van der Waals surface area (Å²) in [6, 6.07) is 3.95. The second-order valence-corrected chi connectivity index (χ2v) is 7.47. The maximum Gasteiger partial charge on any atom is 0.273 e. The lowest BCUT2D eigenvalue weighted by Crippen LogP contribution is -2.59. The summed E-state index contributed by atoms with van der Waals surface area (Å²) in [7, 11) is 1.57. The summed E-state index contributed by atoms with van der Waals surface area (Å²) in [6.45, 7) is 1.11. The maximum atomic E-state index is 12.2. The lowest BCUT2D eigenvalue weighted by molar-refractivity contribution is 0.0957. The minimum Gasteiger partial charge on any atom is -0.380 e. The van der Waals surface area contributed by atoms with Crippen LogP contribution in [0, 0.1) is 11.3 Å². The van der Waals surface area contributed by atoms with E-state index in [0.29, 0.717) is 22.9 Å². The van der Waals surface area contributed by atoms with Crippen molar-refractivity contribution >= 4 is 23.2 Å². The first-order valence-corrected chi connectivity index (χ1v) is 9.71. The highest BCUT2D eigenvalue weighted by atomic mass is 16.1. The Labute approximate surface area is 168 Å². The van der Waals surface area contributed by atoms with Crippen LogP contribution in [-0.4, -0.2) is 51.2 Å². The highest BCUT2D eigenvalue weighted by Crippen LogP contribution is 2.36. The minimum absolute atomic E-state index is 0.231. The van der Waals surface area contributed by atoms with Gasteiger partial charge in [0.05, 0.1) is 18.1 Å². The fraction of sp³-hybridized carbons (Fsp3) is 0.474. The van der Waals surface area contributed by atoms with Gasteiger partial charge in [0, 0.05) is 24.7 Å². The number of aromatic nitrogens is 4. The van der Waals surface area contributed by atoms with Gasteiger partial charge in [0.25, 0.3) is 5.91 Å². The summed E-state index contributed by atoms with van der Waals surface area (Å²) in [6.07, 6.45) is 8.40. The van der Waals surface area contributed by atoms with Crippen LogP contribution in [0.25, 0.3) is 0 Å². The Morgan fingerprint density at radius 2 is 2.00 bits per heavy atom. The Morgan fingerprint density at radius 1 is 1.21 bits per heavy atom. The topological polar surface area (TPSA) is 141 Å². The van der Waals surface area contributed by atoms with E-state index in [1.165, 1.54) is 18.8 Å².